The maximum atomic E-state index is 10.3. The van der Waals surface area contributed by atoms with E-state index in [-0.39, 0.29) is 11.7 Å². The Morgan fingerprint density at radius 1 is 1.44 bits per heavy atom. The Balaban J connectivity index is 1.61. The Hall–Kier alpha value is -0.970. The first kappa shape index (κ1) is 12.1. The Morgan fingerprint density at radius 2 is 2.39 bits per heavy atom. The van der Waals surface area contributed by atoms with Gasteiger partial charge in [-0.2, -0.15) is 0 Å². The molecule has 2 atom stereocenters. The molecule has 2 aliphatic rings. The molecule has 0 aromatic carbocycles. The van der Waals surface area contributed by atoms with Crippen LogP contribution in [0, 0.1) is 0 Å². The van der Waals surface area contributed by atoms with E-state index < -0.39 is 0 Å². The molecule has 1 spiro atoms. The summed E-state index contributed by atoms with van der Waals surface area (Å²) in [5.74, 6) is 0. The monoisotopic (exact) mass is 248 g/mol. The number of rotatable bonds is 2. The minimum Gasteiger partial charge on any atom is -0.389 e. The second-order valence-electron chi connectivity index (χ2n) is 5.34. The van der Waals surface area contributed by atoms with Crippen LogP contribution in [-0.2, 0) is 11.3 Å². The largest absolute Gasteiger partial charge is 0.389 e. The van der Waals surface area contributed by atoms with Gasteiger partial charge in [0, 0.05) is 32.4 Å². The van der Waals surface area contributed by atoms with Crippen molar-refractivity contribution in [3.05, 3.63) is 30.1 Å². The van der Waals surface area contributed by atoms with Crippen LogP contribution < -0.4 is 0 Å². The fourth-order valence-electron chi connectivity index (χ4n) is 3.06. The molecule has 3 heterocycles. The zero-order chi connectivity index (χ0) is 12.4. The number of nitrogens with zero attached hydrogens (tertiary/aromatic N) is 2. The van der Waals surface area contributed by atoms with Gasteiger partial charge in [0.15, 0.2) is 0 Å². The topological polar surface area (TPSA) is 45.6 Å². The lowest BCUT2D eigenvalue weighted by Gasteiger charge is -2.42. The highest BCUT2D eigenvalue weighted by atomic mass is 16.5. The van der Waals surface area contributed by atoms with E-state index in [1.54, 1.807) is 0 Å². The number of aliphatic hydroxyl groups excluding tert-OH is 1. The molecule has 0 amide bonds. The third-order valence-corrected chi connectivity index (χ3v) is 4.14. The summed E-state index contributed by atoms with van der Waals surface area (Å²) in [7, 11) is 0. The van der Waals surface area contributed by atoms with Crippen LogP contribution >= 0.6 is 0 Å². The van der Waals surface area contributed by atoms with E-state index in [0.29, 0.717) is 6.54 Å². The summed E-state index contributed by atoms with van der Waals surface area (Å²) in [4.78, 5) is 6.60. The van der Waals surface area contributed by atoms with Gasteiger partial charge in [-0.05, 0) is 31.4 Å². The Bertz CT molecular complexity index is 390. The van der Waals surface area contributed by atoms with Gasteiger partial charge in [0.2, 0.25) is 0 Å². The van der Waals surface area contributed by atoms with Gasteiger partial charge >= 0.3 is 0 Å². The van der Waals surface area contributed by atoms with Crippen LogP contribution in [-0.4, -0.2) is 46.4 Å². The molecule has 1 aromatic heterocycles. The first-order valence-corrected chi connectivity index (χ1v) is 6.73. The standard InChI is InChI=1S/C14H20N2O2/c17-13-11-16(10-12-4-1-2-7-15-12)8-6-14(13)5-3-9-18-14/h1-2,4,7,13,17H,3,5-6,8-11H2/t13-,14-/m0/s1. The molecule has 1 N–H and O–H groups in total. The van der Waals surface area contributed by atoms with Gasteiger partial charge in [0.1, 0.15) is 0 Å². The van der Waals surface area contributed by atoms with E-state index in [0.717, 1.165) is 44.7 Å². The zero-order valence-electron chi connectivity index (χ0n) is 10.6. The molecule has 2 fully saturated rings. The van der Waals surface area contributed by atoms with E-state index in [4.69, 9.17) is 4.74 Å². The fourth-order valence-corrected chi connectivity index (χ4v) is 3.06. The van der Waals surface area contributed by atoms with Gasteiger partial charge in [-0.3, -0.25) is 9.88 Å². The van der Waals surface area contributed by atoms with Crippen molar-refractivity contribution in [2.24, 2.45) is 0 Å². The minimum atomic E-state index is -0.363. The summed E-state index contributed by atoms with van der Waals surface area (Å²) in [5, 5.41) is 10.3. The number of hydrogen-bond donors (Lipinski definition) is 1. The molecule has 2 aliphatic heterocycles. The van der Waals surface area contributed by atoms with Crippen molar-refractivity contribution in [3.8, 4) is 0 Å². The van der Waals surface area contributed by atoms with Crippen LogP contribution in [0.15, 0.2) is 24.4 Å². The fraction of sp³-hybridized carbons (Fsp3) is 0.643. The quantitative estimate of drug-likeness (QED) is 0.854. The molecule has 3 rings (SSSR count). The highest BCUT2D eigenvalue weighted by Gasteiger charge is 2.45. The number of likely N-dealkylation sites (tertiary alicyclic amines) is 1. The maximum absolute atomic E-state index is 10.3. The van der Waals surface area contributed by atoms with Crippen LogP contribution in [0.4, 0.5) is 0 Å². The molecule has 0 bridgehead atoms. The van der Waals surface area contributed by atoms with Gasteiger partial charge in [0.25, 0.3) is 0 Å². The number of aromatic nitrogens is 1. The maximum Gasteiger partial charge on any atom is 0.0965 e. The lowest BCUT2D eigenvalue weighted by atomic mass is 9.86. The summed E-state index contributed by atoms with van der Waals surface area (Å²) in [5.41, 5.74) is 0.814. The summed E-state index contributed by atoms with van der Waals surface area (Å²) in [6, 6.07) is 5.96. The van der Waals surface area contributed by atoms with E-state index in [1.807, 2.05) is 24.4 Å². The first-order valence-electron chi connectivity index (χ1n) is 6.73. The van der Waals surface area contributed by atoms with Crippen molar-refractivity contribution in [1.82, 2.24) is 9.88 Å². The normalized spacial score (nSPS) is 33.1. The molecule has 0 aliphatic carbocycles. The van der Waals surface area contributed by atoms with Gasteiger partial charge in [-0.1, -0.05) is 6.07 Å². The molecule has 0 radical (unpaired) electrons. The third-order valence-electron chi connectivity index (χ3n) is 4.14. The first-order chi connectivity index (χ1) is 8.78. The van der Waals surface area contributed by atoms with E-state index in [1.165, 1.54) is 0 Å². The number of hydrogen-bond acceptors (Lipinski definition) is 4. The zero-order valence-corrected chi connectivity index (χ0v) is 10.6. The van der Waals surface area contributed by atoms with E-state index in [9.17, 15) is 5.11 Å². The molecular formula is C14H20N2O2. The lowest BCUT2D eigenvalue weighted by Crippen LogP contribution is -2.54. The lowest BCUT2D eigenvalue weighted by molar-refractivity contribution is -0.130. The summed E-state index contributed by atoms with van der Waals surface area (Å²) < 4.78 is 5.80. The van der Waals surface area contributed by atoms with Crippen molar-refractivity contribution in [2.75, 3.05) is 19.7 Å². The number of ether oxygens (including phenoxy) is 1. The van der Waals surface area contributed by atoms with Crippen LogP contribution in [0.1, 0.15) is 25.0 Å². The van der Waals surface area contributed by atoms with Crippen molar-refractivity contribution >= 4 is 0 Å². The molecule has 0 saturated carbocycles. The van der Waals surface area contributed by atoms with Crippen molar-refractivity contribution in [2.45, 2.75) is 37.5 Å². The SMILES string of the molecule is O[C@H]1CN(Cc2ccccn2)CC[C@@]12CCCO2. The molecule has 4 nitrogen and oxygen atoms in total. The third kappa shape index (κ3) is 2.28. The molecule has 2 saturated heterocycles. The molecule has 4 heteroatoms. The predicted octanol–water partition coefficient (Wildman–Crippen LogP) is 1.20. The molecule has 98 valence electrons. The molecule has 18 heavy (non-hydrogen) atoms. The average molecular weight is 248 g/mol. The molecular weight excluding hydrogens is 228 g/mol. The summed E-state index contributed by atoms with van der Waals surface area (Å²) >= 11 is 0. The van der Waals surface area contributed by atoms with Gasteiger partial charge in [-0.25, -0.2) is 0 Å². The Labute approximate surface area is 108 Å². The van der Waals surface area contributed by atoms with Crippen LogP contribution in [0.2, 0.25) is 0 Å². The number of β-amino-alcohol motifs (C(OH)–C–C–N with tert-alkyl or cyclic N) is 1. The van der Waals surface area contributed by atoms with E-state index in [2.05, 4.69) is 9.88 Å². The van der Waals surface area contributed by atoms with Crippen LogP contribution in [0.5, 0.6) is 0 Å². The summed E-state index contributed by atoms with van der Waals surface area (Å²) in [6.07, 6.45) is 4.47. The van der Waals surface area contributed by atoms with Gasteiger partial charge in [-0.15, -0.1) is 0 Å². The molecule has 1 aromatic rings. The number of piperidine rings is 1. The molecule has 0 unspecified atom stereocenters. The van der Waals surface area contributed by atoms with Crippen LogP contribution in [0.25, 0.3) is 0 Å². The van der Waals surface area contributed by atoms with E-state index >= 15 is 0 Å². The average Bonchev–Trinajstić information content (AvgIpc) is 2.86. The van der Waals surface area contributed by atoms with Crippen molar-refractivity contribution in [3.63, 3.8) is 0 Å². The Morgan fingerprint density at radius 3 is 3.06 bits per heavy atom. The van der Waals surface area contributed by atoms with Gasteiger partial charge < -0.3 is 9.84 Å². The second-order valence-corrected chi connectivity index (χ2v) is 5.34. The smallest absolute Gasteiger partial charge is 0.0965 e. The van der Waals surface area contributed by atoms with Crippen molar-refractivity contribution in [1.29, 1.82) is 0 Å². The Kier molecular flexibility index (Phi) is 3.33. The predicted molar refractivity (Wildman–Crippen MR) is 68.1 cm³/mol. The highest BCUT2D eigenvalue weighted by Crippen LogP contribution is 2.36. The highest BCUT2D eigenvalue weighted by molar-refractivity contribution is 5.05. The number of aliphatic hydroxyl groups is 1. The van der Waals surface area contributed by atoms with Gasteiger partial charge in [0.05, 0.1) is 17.4 Å². The number of pyridine rings is 1. The summed E-state index contributed by atoms with van der Waals surface area (Å²) in [6.45, 7) is 3.29. The van der Waals surface area contributed by atoms with Crippen molar-refractivity contribution < 1.29 is 9.84 Å². The second kappa shape index (κ2) is 4.96. The minimum absolute atomic E-state index is 0.249. The van der Waals surface area contributed by atoms with Crippen LogP contribution in [0.3, 0.4) is 0 Å².